The molecule has 0 bridgehead atoms. The molecule has 0 spiro atoms. The Morgan fingerprint density at radius 1 is 1.02 bits per heavy atom. The van der Waals surface area contributed by atoms with E-state index in [-0.39, 0.29) is 23.8 Å². The van der Waals surface area contributed by atoms with Crippen molar-refractivity contribution in [2.24, 2.45) is 0 Å². The first-order valence-electron chi connectivity index (χ1n) is 13.1. The van der Waals surface area contributed by atoms with E-state index < -0.39 is 11.8 Å². The van der Waals surface area contributed by atoms with Crippen molar-refractivity contribution in [1.82, 2.24) is 14.5 Å². The predicted octanol–water partition coefficient (Wildman–Crippen LogP) is 5.42. The molecule has 2 heterocycles. The van der Waals surface area contributed by atoms with Crippen LogP contribution in [0, 0.1) is 17.1 Å². The van der Waals surface area contributed by atoms with Crippen molar-refractivity contribution in [2.45, 2.75) is 19.6 Å². The van der Waals surface area contributed by atoms with Crippen molar-refractivity contribution in [3.8, 4) is 29.0 Å². The molecule has 0 atom stereocenters. The highest BCUT2D eigenvalue weighted by atomic mass is 19.1. The predicted molar refractivity (Wildman–Crippen MR) is 153 cm³/mol. The van der Waals surface area contributed by atoms with E-state index in [1.807, 2.05) is 22.8 Å². The Kier molecular flexibility index (Phi) is 8.41. The first kappa shape index (κ1) is 28.3. The summed E-state index contributed by atoms with van der Waals surface area (Å²) in [5.74, 6) is 0.107. The van der Waals surface area contributed by atoms with Crippen molar-refractivity contribution in [1.29, 1.82) is 5.26 Å². The summed E-state index contributed by atoms with van der Waals surface area (Å²) in [6.07, 6.45) is 0.338. The molecule has 0 saturated carbocycles. The largest absolute Gasteiger partial charge is 0.508 e. The quantitative estimate of drug-likeness (QED) is 0.223. The summed E-state index contributed by atoms with van der Waals surface area (Å²) in [7, 11) is 2.95. The molecular weight excluding hydrogens is 539 g/mol. The number of hydrogen-bond donors (Lipinski definition) is 1. The number of halogens is 1. The van der Waals surface area contributed by atoms with Crippen molar-refractivity contribution >= 4 is 17.0 Å². The zero-order valence-electron chi connectivity index (χ0n) is 23.0. The van der Waals surface area contributed by atoms with Gasteiger partial charge in [0.15, 0.2) is 0 Å². The molecule has 0 saturated heterocycles. The minimum atomic E-state index is -0.523. The van der Waals surface area contributed by atoms with Crippen LogP contribution in [0.3, 0.4) is 0 Å². The first-order valence-corrected chi connectivity index (χ1v) is 13.1. The summed E-state index contributed by atoms with van der Waals surface area (Å²) in [5, 5.41) is 19.9. The lowest BCUT2D eigenvalue weighted by Gasteiger charge is -2.12. The van der Waals surface area contributed by atoms with Crippen LogP contribution in [0.25, 0.3) is 22.3 Å². The summed E-state index contributed by atoms with van der Waals surface area (Å²) in [4.78, 5) is 21.3. The summed E-state index contributed by atoms with van der Waals surface area (Å²) in [5.41, 5.74) is 4.34. The number of imidazole rings is 1. The smallest absolute Gasteiger partial charge is 0.337 e. The number of fused-ring (bicyclic) bond motifs is 1. The zero-order valence-corrected chi connectivity index (χ0v) is 23.0. The molecule has 212 valence electrons. The normalized spacial score (nSPS) is 10.9. The van der Waals surface area contributed by atoms with Crippen molar-refractivity contribution in [3.63, 3.8) is 0 Å². The summed E-state index contributed by atoms with van der Waals surface area (Å²) < 4.78 is 32.0. The van der Waals surface area contributed by atoms with Crippen molar-refractivity contribution in [3.05, 3.63) is 107 Å². The number of aromatic nitrogens is 3. The van der Waals surface area contributed by atoms with E-state index in [0.29, 0.717) is 58.9 Å². The number of esters is 1. The first-order chi connectivity index (χ1) is 20.4. The maximum absolute atomic E-state index is 14.2. The van der Waals surface area contributed by atoms with E-state index in [2.05, 4.69) is 4.98 Å². The molecular formula is C32H27FN4O5. The number of aromatic hydroxyl groups is 1. The fourth-order valence-corrected chi connectivity index (χ4v) is 4.57. The highest BCUT2D eigenvalue weighted by Gasteiger charge is 2.16. The molecule has 2 aromatic heterocycles. The second-order valence-corrected chi connectivity index (χ2v) is 9.46. The third-order valence-electron chi connectivity index (χ3n) is 6.78. The molecule has 0 amide bonds. The Morgan fingerprint density at radius 3 is 2.60 bits per heavy atom. The Hall–Kier alpha value is -5.27. The standard InChI is InChI=1S/C32H27FN4O5/c1-40-13-12-37-28-15-23(32(39)41-2)10-11-27(28)35-30(37)17-22-9-8-21(16-29(22)38)26-4-3-5-31(36-26)42-19-24-7-6-20(18-34)14-25(24)33/h3-11,14-16,38H,12-13,17,19H2,1-2H3. The molecule has 5 rings (SSSR count). The lowest BCUT2D eigenvalue weighted by Crippen LogP contribution is -2.09. The monoisotopic (exact) mass is 566 g/mol. The van der Waals surface area contributed by atoms with Crippen molar-refractivity contribution in [2.75, 3.05) is 20.8 Å². The lowest BCUT2D eigenvalue weighted by molar-refractivity contribution is 0.0601. The van der Waals surface area contributed by atoms with Crippen LogP contribution < -0.4 is 4.74 Å². The molecule has 1 N–H and O–H groups in total. The number of benzene rings is 3. The Morgan fingerprint density at radius 2 is 1.86 bits per heavy atom. The third kappa shape index (κ3) is 6.06. The highest BCUT2D eigenvalue weighted by Crippen LogP contribution is 2.29. The van der Waals surface area contributed by atoms with Crippen molar-refractivity contribution < 1.29 is 28.5 Å². The number of pyridine rings is 1. The Bertz CT molecular complexity index is 1810. The SMILES string of the molecule is COCCn1c(Cc2ccc(-c3cccc(OCc4ccc(C#N)cc4F)n3)cc2O)nc2ccc(C(=O)OC)cc21. The molecule has 0 radical (unpaired) electrons. The van der Waals surface area contributed by atoms with Crippen LogP contribution in [0.15, 0.2) is 72.8 Å². The minimum absolute atomic E-state index is 0.0522. The maximum Gasteiger partial charge on any atom is 0.337 e. The van der Waals surface area contributed by atoms with Gasteiger partial charge in [-0.15, -0.1) is 0 Å². The number of ether oxygens (including phenoxy) is 3. The van der Waals surface area contributed by atoms with Gasteiger partial charge in [0.05, 0.1) is 47.6 Å². The molecule has 0 aliphatic heterocycles. The van der Waals surface area contributed by atoms with Gasteiger partial charge in [0.1, 0.15) is 24.0 Å². The van der Waals surface area contributed by atoms with Crippen LogP contribution in [0.1, 0.15) is 32.9 Å². The number of hydrogen-bond acceptors (Lipinski definition) is 8. The van der Waals surface area contributed by atoms with Gasteiger partial charge in [0, 0.05) is 42.8 Å². The number of nitriles is 1. The van der Waals surface area contributed by atoms with Gasteiger partial charge in [-0.1, -0.05) is 24.3 Å². The maximum atomic E-state index is 14.2. The lowest BCUT2D eigenvalue weighted by atomic mass is 10.0. The summed E-state index contributed by atoms with van der Waals surface area (Å²) in [6.45, 7) is 0.895. The fraction of sp³-hybridized carbons (Fsp3) is 0.188. The summed E-state index contributed by atoms with van der Waals surface area (Å²) in [6, 6.07) is 21.8. The second kappa shape index (κ2) is 12.5. The Labute approximate surface area is 241 Å². The fourth-order valence-electron chi connectivity index (χ4n) is 4.57. The number of carbonyl (C=O) groups is 1. The van der Waals surface area contributed by atoms with E-state index in [4.69, 9.17) is 24.5 Å². The van der Waals surface area contributed by atoms with Crippen LogP contribution in [0.4, 0.5) is 4.39 Å². The van der Waals surface area contributed by atoms with E-state index >= 15 is 0 Å². The van der Waals surface area contributed by atoms with E-state index in [9.17, 15) is 14.3 Å². The van der Waals surface area contributed by atoms with Gasteiger partial charge in [-0.2, -0.15) is 5.26 Å². The molecule has 0 aliphatic rings. The highest BCUT2D eigenvalue weighted by molar-refractivity contribution is 5.93. The molecule has 5 aromatic rings. The van der Waals surface area contributed by atoms with Gasteiger partial charge in [-0.25, -0.2) is 19.2 Å². The number of phenolic OH excluding ortho intramolecular Hbond substituents is 1. The zero-order chi connectivity index (χ0) is 29.6. The molecule has 0 aliphatic carbocycles. The van der Waals surface area contributed by atoms with E-state index in [0.717, 1.165) is 5.52 Å². The Balaban J connectivity index is 1.37. The number of methoxy groups -OCH3 is 2. The number of nitrogens with zero attached hydrogens (tertiary/aromatic N) is 4. The van der Waals surface area contributed by atoms with Gasteiger partial charge >= 0.3 is 5.97 Å². The van der Waals surface area contributed by atoms with Crippen LogP contribution in [0.2, 0.25) is 0 Å². The van der Waals surface area contributed by atoms with Gasteiger partial charge < -0.3 is 23.9 Å². The van der Waals surface area contributed by atoms with Gasteiger partial charge in [-0.3, -0.25) is 0 Å². The van der Waals surface area contributed by atoms with Crippen LogP contribution in [-0.4, -0.2) is 46.4 Å². The molecule has 0 fully saturated rings. The average molecular weight is 567 g/mol. The van der Waals surface area contributed by atoms with Crippen LogP contribution in [-0.2, 0) is 29.0 Å². The van der Waals surface area contributed by atoms with Crippen LogP contribution >= 0.6 is 0 Å². The number of carbonyl (C=O) groups excluding carboxylic acids is 1. The summed E-state index contributed by atoms with van der Waals surface area (Å²) >= 11 is 0. The van der Waals surface area contributed by atoms with Gasteiger partial charge in [0.2, 0.25) is 5.88 Å². The number of rotatable bonds is 10. The number of phenols is 1. The molecule has 10 heteroatoms. The van der Waals surface area contributed by atoms with Gasteiger partial charge in [0.25, 0.3) is 0 Å². The molecule has 0 unspecified atom stereocenters. The molecule has 3 aromatic carbocycles. The average Bonchev–Trinajstić information content (AvgIpc) is 3.35. The second-order valence-electron chi connectivity index (χ2n) is 9.46. The van der Waals surface area contributed by atoms with E-state index in [1.54, 1.807) is 49.6 Å². The van der Waals surface area contributed by atoms with Gasteiger partial charge in [-0.05, 0) is 42.5 Å². The molecule has 42 heavy (non-hydrogen) atoms. The third-order valence-corrected chi connectivity index (χ3v) is 6.78. The van der Waals surface area contributed by atoms with E-state index in [1.165, 1.54) is 25.3 Å². The van der Waals surface area contributed by atoms with Crippen LogP contribution in [0.5, 0.6) is 11.6 Å². The minimum Gasteiger partial charge on any atom is -0.508 e. The topological polar surface area (TPSA) is 119 Å². The molecule has 9 nitrogen and oxygen atoms in total.